The van der Waals surface area contributed by atoms with Crippen LogP contribution in [-0.2, 0) is 10.0 Å². The summed E-state index contributed by atoms with van der Waals surface area (Å²) in [6, 6.07) is 7.91. The van der Waals surface area contributed by atoms with Crippen LogP contribution in [0.1, 0.15) is 0 Å². The predicted molar refractivity (Wildman–Crippen MR) is 75.8 cm³/mol. The minimum absolute atomic E-state index is 0.117. The highest BCUT2D eigenvalue weighted by Gasteiger charge is 2.18. The number of benzene rings is 1. The summed E-state index contributed by atoms with van der Waals surface area (Å²) in [5.41, 5.74) is -0.296. The lowest BCUT2D eigenvalue weighted by molar-refractivity contribution is -0.385. The van der Waals surface area contributed by atoms with Crippen molar-refractivity contribution in [1.82, 2.24) is 4.98 Å². The zero-order chi connectivity index (χ0) is 14.8. The highest BCUT2D eigenvalue weighted by Crippen LogP contribution is 2.20. The molecule has 1 N–H and O–H groups in total. The number of non-ortho nitro benzene ring substituents is 1. The standard InChI is InChI=1S/C11H8BrN3O4S/c12-8-4-5-13-11(6-8)14-20(18,19)10-3-1-2-9(7-10)15(16)17/h1-7H,(H,13,14). The number of hydrogen-bond donors (Lipinski definition) is 1. The van der Waals surface area contributed by atoms with Crippen molar-refractivity contribution in [2.45, 2.75) is 4.90 Å². The Morgan fingerprint density at radius 3 is 2.65 bits per heavy atom. The minimum atomic E-state index is -3.92. The lowest BCUT2D eigenvalue weighted by Gasteiger charge is -2.07. The van der Waals surface area contributed by atoms with Crippen LogP contribution in [0.4, 0.5) is 11.5 Å². The molecule has 0 aliphatic heterocycles. The van der Waals surface area contributed by atoms with E-state index in [1.807, 2.05) is 0 Å². The second-order valence-electron chi connectivity index (χ2n) is 3.72. The lowest BCUT2D eigenvalue weighted by atomic mass is 10.3. The molecule has 0 spiro atoms. The Hall–Kier alpha value is -2.00. The van der Waals surface area contributed by atoms with Gasteiger partial charge in [-0.3, -0.25) is 14.8 Å². The van der Waals surface area contributed by atoms with Crippen LogP contribution < -0.4 is 4.72 Å². The van der Waals surface area contributed by atoms with Gasteiger partial charge in [0.2, 0.25) is 0 Å². The number of nitro groups is 1. The molecule has 104 valence electrons. The molecule has 1 heterocycles. The summed E-state index contributed by atoms with van der Waals surface area (Å²) in [7, 11) is -3.92. The molecule has 0 radical (unpaired) electrons. The average Bonchev–Trinajstić information content (AvgIpc) is 2.38. The van der Waals surface area contributed by atoms with E-state index in [0.717, 1.165) is 6.07 Å². The van der Waals surface area contributed by atoms with Gasteiger partial charge in [0.15, 0.2) is 0 Å². The van der Waals surface area contributed by atoms with Crippen molar-refractivity contribution in [3.8, 4) is 0 Å². The number of hydrogen-bond acceptors (Lipinski definition) is 5. The van der Waals surface area contributed by atoms with Gasteiger partial charge in [-0.2, -0.15) is 0 Å². The largest absolute Gasteiger partial charge is 0.270 e. The first-order valence-electron chi connectivity index (χ1n) is 5.27. The van der Waals surface area contributed by atoms with Crippen molar-refractivity contribution in [1.29, 1.82) is 0 Å². The Kier molecular flexibility index (Phi) is 4.00. The van der Waals surface area contributed by atoms with E-state index in [-0.39, 0.29) is 16.4 Å². The normalized spacial score (nSPS) is 11.1. The number of pyridine rings is 1. The molecule has 0 atom stereocenters. The fraction of sp³-hybridized carbons (Fsp3) is 0. The minimum Gasteiger partial charge on any atom is -0.263 e. The smallest absolute Gasteiger partial charge is 0.263 e. The van der Waals surface area contributed by atoms with Gasteiger partial charge in [-0.25, -0.2) is 13.4 Å². The van der Waals surface area contributed by atoms with Crippen molar-refractivity contribution in [2.24, 2.45) is 0 Å². The number of rotatable bonds is 4. The van der Waals surface area contributed by atoms with E-state index < -0.39 is 14.9 Å². The third-order valence-corrected chi connectivity index (χ3v) is 4.15. The number of sulfonamides is 1. The van der Waals surface area contributed by atoms with E-state index in [1.165, 1.54) is 30.5 Å². The molecular weight excluding hydrogens is 350 g/mol. The van der Waals surface area contributed by atoms with E-state index in [2.05, 4.69) is 25.6 Å². The van der Waals surface area contributed by atoms with Crippen LogP contribution in [0.2, 0.25) is 0 Å². The van der Waals surface area contributed by atoms with Crippen molar-refractivity contribution in [3.63, 3.8) is 0 Å². The summed E-state index contributed by atoms with van der Waals surface area (Å²) in [6.07, 6.45) is 1.43. The van der Waals surface area contributed by atoms with E-state index in [1.54, 1.807) is 6.07 Å². The fourth-order valence-electron chi connectivity index (χ4n) is 1.42. The van der Waals surface area contributed by atoms with Crippen LogP contribution in [0.25, 0.3) is 0 Å². The molecule has 0 saturated carbocycles. The molecule has 2 aromatic rings. The lowest BCUT2D eigenvalue weighted by Crippen LogP contribution is -2.14. The molecule has 9 heteroatoms. The number of nitrogens with zero attached hydrogens (tertiary/aromatic N) is 2. The summed E-state index contributed by atoms with van der Waals surface area (Å²) >= 11 is 3.19. The van der Waals surface area contributed by atoms with E-state index in [9.17, 15) is 18.5 Å². The Morgan fingerprint density at radius 1 is 1.25 bits per heavy atom. The van der Waals surface area contributed by atoms with Gasteiger partial charge < -0.3 is 0 Å². The summed E-state index contributed by atoms with van der Waals surface area (Å²) in [6.45, 7) is 0. The zero-order valence-corrected chi connectivity index (χ0v) is 12.3. The highest BCUT2D eigenvalue weighted by molar-refractivity contribution is 9.10. The number of aromatic nitrogens is 1. The molecule has 0 amide bonds. The molecule has 1 aromatic carbocycles. The van der Waals surface area contributed by atoms with Gasteiger partial charge >= 0.3 is 0 Å². The molecule has 0 unspecified atom stereocenters. The summed E-state index contributed by atoms with van der Waals surface area (Å²) in [5.74, 6) is 0.117. The molecular formula is C11H8BrN3O4S. The van der Waals surface area contributed by atoms with Crippen molar-refractivity contribution >= 4 is 37.5 Å². The second kappa shape index (κ2) is 5.55. The van der Waals surface area contributed by atoms with Gasteiger partial charge in [-0.05, 0) is 18.2 Å². The van der Waals surface area contributed by atoms with Crippen LogP contribution in [0, 0.1) is 10.1 Å². The predicted octanol–water partition coefficient (Wildman–Crippen LogP) is 2.55. The van der Waals surface area contributed by atoms with Gasteiger partial charge in [-0.15, -0.1) is 0 Å². The van der Waals surface area contributed by atoms with Crippen LogP contribution in [-0.4, -0.2) is 18.3 Å². The second-order valence-corrected chi connectivity index (χ2v) is 6.32. The third-order valence-electron chi connectivity index (χ3n) is 2.30. The number of nitrogens with one attached hydrogen (secondary N) is 1. The maximum atomic E-state index is 12.1. The first-order chi connectivity index (χ1) is 9.38. The van der Waals surface area contributed by atoms with Gasteiger partial charge in [0.1, 0.15) is 5.82 Å². The number of nitro benzene ring substituents is 1. The van der Waals surface area contributed by atoms with Crippen molar-refractivity contribution in [2.75, 3.05) is 4.72 Å². The molecule has 7 nitrogen and oxygen atoms in total. The molecule has 0 saturated heterocycles. The molecule has 0 aliphatic carbocycles. The SMILES string of the molecule is O=[N+]([O-])c1cccc(S(=O)(=O)Nc2cc(Br)ccn2)c1. The molecule has 1 aromatic heterocycles. The van der Waals surface area contributed by atoms with E-state index in [4.69, 9.17) is 0 Å². The zero-order valence-electron chi connectivity index (χ0n) is 9.86. The quantitative estimate of drug-likeness (QED) is 0.668. The molecule has 0 fully saturated rings. The van der Waals surface area contributed by atoms with Gasteiger partial charge in [-0.1, -0.05) is 22.0 Å². The topological polar surface area (TPSA) is 102 Å². The Bertz CT molecular complexity index is 764. The highest BCUT2D eigenvalue weighted by atomic mass is 79.9. The Morgan fingerprint density at radius 2 is 2.00 bits per heavy atom. The van der Waals surface area contributed by atoms with Crippen LogP contribution in [0.5, 0.6) is 0 Å². The molecule has 0 aliphatic rings. The number of halogens is 1. The van der Waals surface area contributed by atoms with Crippen molar-refractivity contribution < 1.29 is 13.3 Å². The first-order valence-corrected chi connectivity index (χ1v) is 7.55. The Labute approximate surface area is 123 Å². The van der Waals surface area contributed by atoms with Gasteiger partial charge in [0, 0.05) is 22.8 Å². The van der Waals surface area contributed by atoms with Crippen LogP contribution >= 0.6 is 15.9 Å². The van der Waals surface area contributed by atoms with Gasteiger partial charge in [0.25, 0.3) is 15.7 Å². The van der Waals surface area contributed by atoms with Gasteiger partial charge in [0.05, 0.1) is 9.82 Å². The summed E-state index contributed by atoms with van der Waals surface area (Å²) in [4.78, 5) is 13.7. The van der Waals surface area contributed by atoms with Crippen LogP contribution in [0.3, 0.4) is 0 Å². The maximum Gasteiger partial charge on any atom is 0.270 e. The molecule has 0 bridgehead atoms. The maximum absolute atomic E-state index is 12.1. The average molecular weight is 358 g/mol. The summed E-state index contributed by atoms with van der Waals surface area (Å²) < 4.78 is 27.1. The first kappa shape index (κ1) is 14.4. The van der Waals surface area contributed by atoms with Crippen LogP contribution in [0.15, 0.2) is 52.0 Å². The van der Waals surface area contributed by atoms with Crippen molar-refractivity contribution in [3.05, 3.63) is 57.2 Å². The van der Waals surface area contributed by atoms with E-state index >= 15 is 0 Å². The molecule has 20 heavy (non-hydrogen) atoms. The molecule has 2 rings (SSSR count). The third kappa shape index (κ3) is 3.31. The monoisotopic (exact) mass is 357 g/mol. The fourth-order valence-corrected chi connectivity index (χ4v) is 2.79. The summed E-state index contributed by atoms with van der Waals surface area (Å²) in [5, 5.41) is 10.7. The van der Waals surface area contributed by atoms with E-state index in [0.29, 0.717) is 4.47 Å². The number of anilines is 1. The Balaban J connectivity index is 2.35.